The number of thioether (sulfide) groups is 1. The molecule has 3 rings (SSSR count). The van der Waals surface area contributed by atoms with Gasteiger partial charge in [-0.15, -0.1) is 0 Å². The summed E-state index contributed by atoms with van der Waals surface area (Å²) >= 11 is 1.90. The highest BCUT2D eigenvalue weighted by Gasteiger charge is 2.25. The van der Waals surface area contributed by atoms with E-state index in [0.717, 1.165) is 18.8 Å². The largest absolute Gasteiger partial charge is 0.336 e. The van der Waals surface area contributed by atoms with Crippen molar-refractivity contribution in [3.63, 3.8) is 0 Å². The summed E-state index contributed by atoms with van der Waals surface area (Å²) in [5.74, 6) is 0.869. The van der Waals surface area contributed by atoms with E-state index in [1.165, 1.54) is 12.5 Å². The van der Waals surface area contributed by atoms with Gasteiger partial charge in [0.2, 0.25) is 5.91 Å². The minimum atomic E-state index is -0.118. The third-order valence-electron chi connectivity index (χ3n) is 3.98. The Kier molecular flexibility index (Phi) is 5.20. The van der Waals surface area contributed by atoms with Crippen LogP contribution in [0.1, 0.15) is 28.1 Å². The molecule has 4 nitrogen and oxygen atoms in total. The molecule has 1 fully saturated rings. The fourth-order valence-electron chi connectivity index (χ4n) is 2.79. The van der Waals surface area contributed by atoms with Crippen molar-refractivity contribution < 1.29 is 9.59 Å². The number of amides is 2. The third kappa shape index (κ3) is 3.97. The second-order valence-electron chi connectivity index (χ2n) is 5.78. The molecule has 1 atom stereocenters. The summed E-state index contributed by atoms with van der Waals surface area (Å²) in [4.78, 5) is 25.7. The summed E-state index contributed by atoms with van der Waals surface area (Å²) in [6.07, 6.45) is 0. The molecule has 24 heavy (non-hydrogen) atoms. The van der Waals surface area contributed by atoms with Crippen LogP contribution in [0.3, 0.4) is 0 Å². The molecule has 0 spiro atoms. The lowest BCUT2D eigenvalue weighted by atomic mass is 10.1. The number of nitrogens with zero attached hydrogens (tertiary/aromatic N) is 1. The van der Waals surface area contributed by atoms with Crippen molar-refractivity contribution in [2.45, 2.75) is 12.2 Å². The van der Waals surface area contributed by atoms with Gasteiger partial charge in [-0.1, -0.05) is 30.3 Å². The van der Waals surface area contributed by atoms with E-state index < -0.39 is 0 Å². The van der Waals surface area contributed by atoms with E-state index in [2.05, 4.69) is 17.4 Å². The maximum Gasteiger partial charge on any atom is 0.253 e. The predicted octanol–water partition coefficient (Wildman–Crippen LogP) is 3.58. The first kappa shape index (κ1) is 16.6. The molecule has 1 N–H and O–H groups in total. The molecule has 1 aliphatic rings. The van der Waals surface area contributed by atoms with Crippen molar-refractivity contribution in [1.82, 2.24) is 4.90 Å². The molecule has 2 amide bonds. The number of hydrogen-bond donors (Lipinski definition) is 1. The lowest BCUT2D eigenvalue weighted by Gasteiger charge is -2.32. The fourth-order valence-corrected chi connectivity index (χ4v) is 4.03. The average Bonchev–Trinajstić information content (AvgIpc) is 2.62. The van der Waals surface area contributed by atoms with Crippen LogP contribution in [0, 0.1) is 0 Å². The summed E-state index contributed by atoms with van der Waals surface area (Å²) in [5.41, 5.74) is 2.62. The predicted molar refractivity (Wildman–Crippen MR) is 98.3 cm³/mol. The second kappa shape index (κ2) is 7.53. The smallest absolute Gasteiger partial charge is 0.253 e. The molecule has 2 aromatic carbocycles. The van der Waals surface area contributed by atoms with E-state index in [1.807, 2.05) is 34.9 Å². The van der Waals surface area contributed by atoms with Gasteiger partial charge in [0, 0.05) is 42.3 Å². The number of anilines is 1. The van der Waals surface area contributed by atoms with Gasteiger partial charge in [-0.05, 0) is 29.8 Å². The third-order valence-corrected chi connectivity index (χ3v) is 5.22. The number of hydrogen-bond acceptors (Lipinski definition) is 3. The summed E-state index contributed by atoms with van der Waals surface area (Å²) < 4.78 is 0. The van der Waals surface area contributed by atoms with E-state index in [-0.39, 0.29) is 11.8 Å². The molecule has 1 unspecified atom stereocenters. The standard InChI is InChI=1S/C19H20N2O2S/c1-14(22)20-17-9-7-16(8-10-17)19(23)21-11-12-24-18(13-21)15-5-3-2-4-6-15/h2-10,18H,11-13H2,1H3,(H,20,22). The molecular weight excluding hydrogens is 320 g/mol. The van der Waals surface area contributed by atoms with Crippen molar-refractivity contribution in [2.24, 2.45) is 0 Å². The molecule has 0 aliphatic carbocycles. The van der Waals surface area contributed by atoms with E-state index >= 15 is 0 Å². The van der Waals surface area contributed by atoms with Gasteiger partial charge >= 0.3 is 0 Å². The molecule has 2 aromatic rings. The van der Waals surface area contributed by atoms with E-state index in [0.29, 0.717) is 16.5 Å². The quantitative estimate of drug-likeness (QED) is 0.929. The number of carbonyl (C=O) groups is 2. The summed E-state index contributed by atoms with van der Waals surface area (Å²) in [5, 5.41) is 3.03. The number of carbonyl (C=O) groups excluding carboxylic acids is 2. The molecule has 0 bridgehead atoms. The van der Waals surface area contributed by atoms with E-state index in [4.69, 9.17) is 0 Å². The maximum absolute atomic E-state index is 12.7. The van der Waals surface area contributed by atoms with Crippen LogP contribution in [-0.2, 0) is 4.79 Å². The van der Waals surface area contributed by atoms with Crippen LogP contribution in [0.5, 0.6) is 0 Å². The van der Waals surface area contributed by atoms with Crippen LogP contribution in [0.4, 0.5) is 5.69 Å². The highest BCUT2D eigenvalue weighted by Crippen LogP contribution is 2.33. The lowest BCUT2D eigenvalue weighted by molar-refractivity contribution is -0.114. The van der Waals surface area contributed by atoms with Crippen LogP contribution in [0.25, 0.3) is 0 Å². The van der Waals surface area contributed by atoms with Gasteiger partial charge in [-0.3, -0.25) is 9.59 Å². The van der Waals surface area contributed by atoms with Gasteiger partial charge in [-0.25, -0.2) is 0 Å². The molecule has 1 heterocycles. The van der Waals surface area contributed by atoms with Crippen molar-refractivity contribution in [1.29, 1.82) is 0 Å². The highest BCUT2D eigenvalue weighted by molar-refractivity contribution is 7.99. The monoisotopic (exact) mass is 340 g/mol. The Hall–Kier alpha value is -2.27. The zero-order chi connectivity index (χ0) is 16.9. The molecule has 0 radical (unpaired) electrons. The Morgan fingerprint density at radius 3 is 2.46 bits per heavy atom. The van der Waals surface area contributed by atoms with Crippen LogP contribution < -0.4 is 5.32 Å². The second-order valence-corrected chi connectivity index (χ2v) is 7.09. The molecule has 0 saturated carbocycles. The number of benzene rings is 2. The van der Waals surface area contributed by atoms with Crippen molar-refractivity contribution in [3.05, 3.63) is 65.7 Å². The van der Waals surface area contributed by atoms with Gasteiger partial charge in [0.25, 0.3) is 5.91 Å². The van der Waals surface area contributed by atoms with Crippen LogP contribution in [0.2, 0.25) is 0 Å². The first-order valence-corrected chi connectivity index (χ1v) is 9.02. The lowest BCUT2D eigenvalue weighted by Crippen LogP contribution is -2.39. The van der Waals surface area contributed by atoms with Gasteiger partial charge < -0.3 is 10.2 Å². The molecule has 124 valence electrons. The van der Waals surface area contributed by atoms with Gasteiger partial charge in [-0.2, -0.15) is 11.8 Å². The summed E-state index contributed by atoms with van der Waals surface area (Å²) in [6.45, 7) is 2.95. The van der Waals surface area contributed by atoms with Crippen LogP contribution in [0.15, 0.2) is 54.6 Å². The first-order valence-electron chi connectivity index (χ1n) is 7.97. The average molecular weight is 340 g/mol. The Bertz CT molecular complexity index is 716. The van der Waals surface area contributed by atoms with Crippen molar-refractivity contribution in [3.8, 4) is 0 Å². The molecule has 0 aromatic heterocycles. The Balaban J connectivity index is 1.69. The van der Waals surface area contributed by atoms with Crippen molar-refractivity contribution >= 4 is 29.3 Å². The number of rotatable bonds is 3. The fraction of sp³-hybridized carbons (Fsp3) is 0.263. The SMILES string of the molecule is CC(=O)Nc1ccc(C(=O)N2CCSC(c3ccccc3)C2)cc1. The van der Waals surface area contributed by atoms with Gasteiger partial charge in [0.1, 0.15) is 0 Å². The molecule has 5 heteroatoms. The Labute approximate surface area is 146 Å². The summed E-state index contributed by atoms with van der Waals surface area (Å²) in [7, 11) is 0. The first-order chi connectivity index (χ1) is 11.6. The van der Waals surface area contributed by atoms with E-state index in [1.54, 1.807) is 24.3 Å². The van der Waals surface area contributed by atoms with E-state index in [9.17, 15) is 9.59 Å². The van der Waals surface area contributed by atoms with Gasteiger partial charge in [0.05, 0.1) is 0 Å². The highest BCUT2D eigenvalue weighted by atomic mass is 32.2. The maximum atomic E-state index is 12.7. The minimum absolute atomic E-state index is 0.0469. The van der Waals surface area contributed by atoms with Gasteiger partial charge in [0.15, 0.2) is 0 Å². The van der Waals surface area contributed by atoms with Crippen LogP contribution in [-0.4, -0.2) is 35.6 Å². The van der Waals surface area contributed by atoms with Crippen molar-refractivity contribution in [2.75, 3.05) is 24.2 Å². The zero-order valence-corrected chi connectivity index (χ0v) is 14.4. The normalized spacial score (nSPS) is 17.4. The molecule has 1 aliphatic heterocycles. The molecular formula is C19H20N2O2S. The Morgan fingerprint density at radius 1 is 1.08 bits per heavy atom. The molecule has 1 saturated heterocycles. The number of nitrogens with one attached hydrogen (secondary N) is 1. The Morgan fingerprint density at radius 2 is 1.79 bits per heavy atom. The van der Waals surface area contributed by atoms with Crippen LogP contribution >= 0.6 is 11.8 Å². The zero-order valence-electron chi connectivity index (χ0n) is 13.6. The minimum Gasteiger partial charge on any atom is -0.336 e. The topological polar surface area (TPSA) is 49.4 Å². The summed E-state index contributed by atoms with van der Waals surface area (Å²) in [6, 6.07) is 17.4.